The van der Waals surface area contributed by atoms with Crippen molar-refractivity contribution in [3.63, 3.8) is 0 Å². The van der Waals surface area contributed by atoms with Gasteiger partial charge in [0.05, 0.1) is 17.3 Å². The molecular formula is C19H17ClN2OS2. The van der Waals surface area contributed by atoms with E-state index in [1.165, 1.54) is 16.1 Å². The first-order valence-electron chi connectivity index (χ1n) is 8.12. The summed E-state index contributed by atoms with van der Waals surface area (Å²) >= 11 is 9.27. The standard InChI is InChI=1S/C19H17ClN2OS2/c20-18-6-4-16(25-18)12-22-8-7-13-10-14(3-5-17(13)22)21-19(23)11-15-2-1-9-24-15/h1-6,9-10H,7-8,11-12H2,(H,21,23). The molecule has 0 aliphatic carbocycles. The van der Waals surface area contributed by atoms with E-state index < -0.39 is 0 Å². The van der Waals surface area contributed by atoms with Crippen LogP contribution in [0.15, 0.2) is 47.8 Å². The van der Waals surface area contributed by atoms with Gasteiger partial charge >= 0.3 is 0 Å². The Morgan fingerprint density at radius 2 is 2.12 bits per heavy atom. The maximum Gasteiger partial charge on any atom is 0.229 e. The van der Waals surface area contributed by atoms with Gasteiger partial charge in [-0.3, -0.25) is 4.79 Å². The van der Waals surface area contributed by atoms with Crippen LogP contribution in [0.2, 0.25) is 4.34 Å². The van der Waals surface area contributed by atoms with Gasteiger partial charge in [0.1, 0.15) is 0 Å². The van der Waals surface area contributed by atoms with Crippen molar-refractivity contribution in [2.24, 2.45) is 0 Å². The summed E-state index contributed by atoms with van der Waals surface area (Å²) in [6.07, 6.45) is 1.43. The second-order valence-electron chi connectivity index (χ2n) is 6.03. The summed E-state index contributed by atoms with van der Waals surface area (Å²) in [5.74, 6) is 0.0329. The van der Waals surface area contributed by atoms with Crippen LogP contribution in [0.1, 0.15) is 15.3 Å². The first kappa shape index (κ1) is 16.6. The molecule has 1 aromatic carbocycles. The summed E-state index contributed by atoms with van der Waals surface area (Å²) in [4.78, 5) is 16.9. The highest BCUT2D eigenvalue weighted by Crippen LogP contribution is 2.33. The number of nitrogens with zero attached hydrogens (tertiary/aromatic N) is 1. The number of amides is 1. The van der Waals surface area contributed by atoms with E-state index in [1.54, 1.807) is 22.7 Å². The van der Waals surface area contributed by atoms with Crippen LogP contribution < -0.4 is 10.2 Å². The van der Waals surface area contributed by atoms with Crippen LogP contribution in [0.3, 0.4) is 0 Å². The summed E-state index contributed by atoms with van der Waals surface area (Å²) in [5.41, 5.74) is 3.42. The largest absolute Gasteiger partial charge is 0.366 e. The molecular weight excluding hydrogens is 372 g/mol. The van der Waals surface area contributed by atoms with Crippen LogP contribution in [0, 0.1) is 0 Å². The van der Waals surface area contributed by atoms with Crippen LogP contribution in [0.4, 0.5) is 11.4 Å². The fourth-order valence-electron chi connectivity index (χ4n) is 3.11. The first-order chi connectivity index (χ1) is 12.2. The highest BCUT2D eigenvalue weighted by atomic mass is 35.5. The van der Waals surface area contributed by atoms with Crippen molar-refractivity contribution in [1.82, 2.24) is 0 Å². The molecule has 0 radical (unpaired) electrons. The molecule has 1 aliphatic heterocycles. The predicted octanol–water partition coefficient (Wildman–Crippen LogP) is 5.21. The Morgan fingerprint density at radius 3 is 2.88 bits per heavy atom. The molecule has 1 amide bonds. The van der Waals surface area contributed by atoms with Gasteiger partial charge in [0.15, 0.2) is 0 Å². The number of rotatable bonds is 5. The predicted molar refractivity (Wildman–Crippen MR) is 107 cm³/mol. The lowest BCUT2D eigenvalue weighted by atomic mass is 10.1. The van der Waals surface area contributed by atoms with Gasteiger partial charge < -0.3 is 10.2 Å². The van der Waals surface area contributed by atoms with Crippen LogP contribution >= 0.6 is 34.3 Å². The number of carbonyl (C=O) groups excluding carboxylic acids is 1. The van der Waals surface area contributed by atoms with E-state index in [-0.39, 0.29) is 5.91 Å². The molecule has 0 atom stereocenters. The maximum atomic E-state index is 12.2. The van der Waals surface area contributed by atoms with Gasteiger partial charge in [-0.2, -0.15) is 0 Å². The van der Waals surface area contributed by atoms with E-state index in [1.807, 2.05) is 29.6 Å². The maximum absolute atomic E-state index is 12.2. The molecule has 25 heavy (non-hydrogen) atoms. The molecule has 3 aromatic rings. The number of carbonyl (C=O) groups is 1. The number of nitrogens with one attached hydrogen (secondary N) is 1. The Hall–Kier alpha value is -1.82. The monoisotopic (exact) mass is 388 g/mol. The highest BCUT2D eigenvalue weighted by Gasteiger charge is 2.20. The first-order valence-corrected chi connectivity index (χ1v) is 10.2. The Balaban J connectivity index is 1.43. The van der Waals surface area contributed by atoms with Gasteiger partial charge in [-0.1, -0.05) is 17.7 Å². The van der Waals surface area contributed by atoms with E-state index in [0.717, 1.165) is 34.4 Å². The molecule has 0 saturated heterocycles. The minimum atomic E-state index is 0.0329. The zero-order chi connectivity index (χ0) is 17.2. The Bertz CT molecular complexity index is 889. The topological polar surface area (TPSA) is 32.3 Å². The van der Waals surface area contributed by atoms with Gasteiger partial charge in [-0.05, 0) is 53.8 Å². The minimum Gasteiger partial charge on any atom is -0.366 e. The molecule has 6 heteroatoms. The van der Waals surface area contributed by atoms with Crippen LogP contribution in [0.25, 0.3) is 0 Å². The lowest BCUT2D eigenvalue weighted by Crippen LogP contribution is -2.18. The van der Waals surface area contributed by atoms with Crippen LogP contribution in [0.5, 0.6) is 0 Å². The van der Waals surface area contributed by atoms with E-state index in [2.05, 4.69) is 28.4 Å². The third kappa shape index (κ3) is 3.89. The van der Waals surface area contributed by atoms with Crippen molar-refractivity contribution in [2.75, 3.05) is 16.8 Å². The summed E-state index contributed by atoms with van der Waals surface area (Å²) in [6.45, 7) is 1.88. The molecule has 0 saturated carbocycles. The smallest absolute Gasteiger partial charge is 0.229 e. The normalized spacial score (nSPS) is 13.1. The second kappa shape index (κ2) is 7.20. The molecule has 3 nitrogen and oxygen atoms in total. The van der Waals surface area contributed by atoms with Crippen molar-refractivity contribution >= 4 is 51.6 Å². The van der Waals surface area contributed by atoms with Gasteiger partial charge in [0.25, 0.3) is 0 Å². The molecule has 2 aromatic heterocycles. The van der Waals surface area contributed by atoms with E-state index in [0.29, 0.717) is 6.42 Å². The Labute approximate surface area is 159 Å². The molecule has 0 fully saturated rings. The van der Waals surface area contributed by atoms with Crippen molar-refractivity contribution in [3.8, 4) is 0 Å². The average Bonchev–Trinajstić information content (AvgIpc) is 3.30. The van der Waals surface area contributed by atoms with Crippen molar-refractivity contribution in [3.05, 3.63) is 67.5 Å². The van der Waals surface area contributed by atoms with Gasteiger partial charge in [-0.25, -0.2) is 0 Å². The van der Waals surface area contributed by atoms with Crippen LogP contribution in [-0.2, 0) is 24.2 Å². The van der Waals surface area contributed by atoms with Crippen molar-refractivity contribution in [2.45, 2.75) is 19.4 Å². The summed E-state index contributed by atoms with van der Waals surface area (Å²) in [6, 6.07) is 14.2. The zero-order valence-electron chi connectivity index (χ0n) is 13.5. The molecule has 1 aliphatic rings. The summed E-state index contributed by atoms with van der Waals surface area (Å²) in [7, 11) is 0. The highest BCUT2D eigenvalue weighted by molar-refractivity contribution is 7.16. The van der Waals surface area contributed by atoms with Gasteiger partial charge in [0, 0.05) is 27.7 Å². The number of halogens is 1. The fourth-order valence-corrected chi connectivity index (χ4v) is 4.92. The number of fused-ring (bicyclic) bond motifs is 1. The van der Waals surface area contributed by atoms with Gasteiger partial charge in [0.2, 0.25) is 5.91 Å². The lowest BCUT2D eigenvalue weighted by Gasteiger charge is -2.18. The van der Waals surface area contributed by atoms with Crippen molar-refractivity contribution in [1.29, 1.82) is 0 Å². The lowest BCUT2D eigenvalue weighted by molar-refractivity contribution is -0.115. The number of hydrogen-bond acceptors (Lipinski definition) is 4. The number of anilines is 2. The molecule has 128 valence electrons. The summed E-state index contributed by atoms with van der Waals surface area (Å²) < 4.78 is 0.832. The zero-order valence-corrected chi connectivity index (χ0v) is 15.9. The molecule has 0 unspecified atom stereocenters. The summed E-state index contributed by atoms with van der Waals surface area (Å²) in [5, 5.41) is 5.01. The Kier molecular flexibility index (Phi) is 4.79. The van der Waals surface area contributed by atoms with E-state index in [4.69, 9.17) is 11.6 Å². The SMILES string of the molecule is O=C(Cc1cccs1)Nc1ccc2c(c1)CCN2Cc1ccc(Cl)s1. The number of benzene rings is 1. The third-order valence-electron chi connectivity index (χ3n) is 4.25. The molecule has 3 heterocycles. The van der Waals surface area contributed by atoms with Crippen molar-refractivity contribution < 1.29 is 4.79 Å². The van der Waals surface area contributed by atoms with Crippen LogP contribution in [-0.4, -0.2) is 12.5 Å². The third-order valence-corrected chi connectivity index (χ3v) is 6.34. The number of hydrogen-bond donors (Lipinski definition) is 1. The number of thiophene rings is 2. The molecule has 0 bridgehead atoms. The molecule has 0 spiro atoms. The van der Waals surface area contributed by atoms with E-state index >= 15 is 0 Å². The minimum absolute atomic E-state index is 0.0329. The second-order valence-corrected chi connectivity index (χ2v) is 8.86. The molecule has 1 N–H and O–H groups in total. The quantitative estimate of drug-likeness (QED) is 0.650. The molecule has 4 rings (SSSR count). The fraction of sp³-hybridized carbons (Fsp3) is 0.211. The average molecular weight is 389 g/mol. The Morgan fingerprint density at radius 1 is 1.20 bits per heavy atom. The van der Waals surface area contributed by atoms with Gasteiger partial charge in [-0.15, -0.1) is 22.7 Å². The van der Waals surface area contributed by atoms with E-state index in [9.17, 15) is 4.79 Å².